The summed E-state index contributed by atoms with van der Waals surface area (Å²) in [5.41, 5.74) is 0.922. The van der Waals surface area contributed by atoms with Gasteiger partial charge < -0.3 is 10.0 Å². The number of pyridine rings is 1. The number of carbonyl (C=O) groups excluding carboxylic acids is 1. The summed E-state index contributed by atoms with van der Waals surface area (Å²) in [4.78, 5) is 27.5. The summed E-state index contributed by atoms with van der Waals surface area (Å²) in [6.07, 6.45) is 2.32. The van der Waals surface area contributed by atoms with E-state index in [2.05, 4.69) is 4.98 Å². The highest BCUT2D eigenvalue weighted by Crippen LogP contribution is 2.00. The number of hydrogen-bond acceptors (Lipinski definition) is 3. The summed E-state index contributed by atoms with van der Waals surface area (Å²) in [5, 5.41) is 8.47. The summed E-state index contributed by atoms with van der Waals surface area (Å²) in [7, 11) is 1.67. The van der Waals surface area contributed by atoms with Gasteiger partial charge in [-0.15, -0.1) is 0 Å². The molecule has 5 heteroatoms. The zero-order valence-electron chi connectivity index (χ0n) is 9.80. The highest BCUT2D eigenvalue weighted by Gasteiger charge is 2.10. The number of amides is 1. The van der Waals surface area contributed by atoms with Crippen molar-refractivity contribution in [3.8, 4) is 0 Å². The Kier molecular flexibility index (Phi) is 5.13. The van der Waals surface area contributed by atoms with E-state index >= 15 is 0 Å². The largest absolute Gasteiger partial charge is 0.481 e. The van der Waals surface area contributed by atoms with Gasteiger partial charge >= 0.3 is 5.97 Å². The third-order valence-corrected chi connectivity index (χ3v) is 2.41. The fourth-order valence-corrected chi connectivity index (χ4v) is 1.36. The molecule has 17 heavy (non-hydrogen) atoms. The molecule has 0 radical (unpaired) electrons. The molecule has 0 aromatic carbocycles. The predicted molar refractivity (Wildman–Crippen MR) is 62.4 cm³/mol. The van der Waals surface area contributed by atoms with Crippen molar-refractivity contribution in [1.29, 1.82) is 0 Å². The van der Waals surface area contributed by atoms with E-state index in [9.17, 15) is 9.59 Å². The third-order valence-electron chi connectivity index (χ3n) is 2.41. The molecule has 0 spiro atoms. The van der Waals surface area contributed by atoms with Crippen molar-refractivity contribution in [3.05, 3.63) is 30.1 Å². The number of carboxylic acids is 1. The van der Waals surface area contributed by atoms with Crippen molar-refractivity contribution in [2.45, 2.75) is 19.3 Å². The zero-order chi connectivity index (χ0) is 12.7. The van der Waals surface area contributed by atoms with Crippen LogP contribution in [0.25, 0.3) is 0 Å². The number of hydrogen-bond donors (Lipinski definition) is 1. The van der Waals surface area contributed by atoms with Crippen LogP contribution in [-0.4, -0.2) is 40.5 Å². The maximum atomic E-state index is 11.5. The average molecular weight is 236 g/mol. The molecule has 0 saturated heterocycles. The van der Waals surface area contributed by atoms with E-state index in [1.807, 2.05) is 18.2 Å². The number of carbonyl (C=O) groups is 2. The number of nitrogens with zero attached hydrogens (tertiary/aromatic N) is 2. The first kappa shape index (κ1) is 13.2. The predicted octanol–water partition coefficient (Wildman–Crippen LogP) is 0.947. The van der Waals surface area contributed by atoms with Gasteiger partial charge in [-0.3, -0.25) is 14.6 Å². The number of likely N-dealkylation sites (N-methyl/N-ethyl adjacent to an activating group) is 1. The minimum atomic E-state index is -0.948. The van der Waals surface area contributed by atoms with Gasteiger partial charge in [-0.25, -0.2) is 0 Å². The first-order chi connectivity index (χ1) is 8.09. The molecule has 1 aromatic rings. The van der Waals surface area contributed by atoms with Crippen LogP contribution < -0.4 is 0 Å². The van der Waals surface area contributed by atoms with Crippen LogP contribution in [0.5, 0.6) is 0 Å². The second-order valence-electron chi connectivity index (χ2n) is 3.78. The molecule has 1 amide bonds. The van der Waals surface area contributed by atoms with Crippen LogP contribution in [0.1, 0.15) is 18.5 Å². The van der Waals surface area contributed by atoms with E-state index in [4.69, 9.17) is 5.11 Å². The van der Waals surface area contributed by atoms with Gasteiger partial charge in [0.1, 0.15) is 0 Å². The molecule has 1 heterocycles. The molecule has 1 rings (SSSR count). The lowest BCUT2D eigenvalue weighted by atomic mass is 10.2. The third kappa shape index (κ3) is 5.10. The van der Waals surface area contributed by atoms with Gasteiger partial charge in [0.05, 0.1) is 6.42 Å². The molecule has 1 aromatic heterocycles. The quantitative estimate of drug-likeness (QED) is 0.798. The Labute approximate surface area is 100 Å². The van der Waals surface area contributed by atoms with E-state index in [0.29, 0.717) is 13.0 Å². The summed E-state index contributed by atoms with van der Waals surface area (Å²) in [6, 6.07) is 5.63. The van der Waals surface area contributed by atoms with Gasteiger partial charge in [-0.1, -0.05) is 6.07 Å². The first-order valence-electron chi connectivity index (χ1n) is 5.45. The van der Waals surface area contributed by atoms with Crippen molar-refractivity contribution in [2.75, 3.05) is 13.6 Å². The highest BCUT2D eigenvalue weighted by molar-refractivity contribution is 5.80. The van der Waals surface area contributed by atoms with Crippen molar-refractivity contribution in [1.82, 2.24) is 9.88 Å². The second kappa shape index (κ2) is 6.62. The Bertz CT molecular complexity index is 379. The van der Waals surface area contributed by atoms with Crippen molar-refractivity contribution < 1.29 is 14.7 Å². The van der Waals surface area contributed by atoms with Crippen LogP contribution in [0.4, 0.5) is 0 Å². The molecule has 5 nitrogen and oxygen atoms in total. The molecule has 0 bridgehead atoms. The van der Waals surface area contributed by atoms with Crippen molar-refractivity contribution in [2.24, 2.45) is 0 Å². The van der Waals surface area contributed by atoms with Gasteiger partial charge in [0.25, 0.3) is 0 Å². The van der Waals surface area contributed by atoms with Crippen molar-refractivity contribution >= 4 is 11.9 Å². The lowest BCUT2D eigenvalue weighted by Gasteiger charge is -2.16. The van der Waals surface area contributed by atoms with Gasteiger partial charge in [0.2, 0.25) is 5.91 Å². The smallest absolute Gasteiger partial charge is 0.303 e. The minimum Gasteiger partial charge on any atom is -0.481 e. The maximum absolute atomic E-state index is 11.5. The van der Waals surface area contributed by atoms with Crippen LogP contribution in [0.2, 0.25) is 0 Å². The van der Waals surface area contributed by atoms with Crippen LogP contribution in [0.3, 0.4) is 0 Å². The lowest BCUT2D eigenvalue weighted by Crippen LogP contribution is -2.29. The van der Waals surface area contributed by atoms with Crippen LogP contribution in [0.15, 0.2) is 24.4 Å². The van der Waals surface area contributed by atoms with Crippen LogP contribution in [0, 0.1) is 0 Å². The summed E-state index contributed by atoms with van der Waals surface area (Å²) < 4.78 is 0. The molecule has 92 valence electrons. The normalized spacial score (nSPS) is 9.94. The molecule has 0 atom stereocenters. The molecular weight excluding hydrogens is 220 g/mol. The van der Waals surface area contributed by atoms with E-state index in [0.717, 1.165) is 5.69 Å². The topological polar surface area (TPSA) is 70.5 Å². The molecule has 1 N–H and O–H groups in total. The molecular formula is C12H16N2O3. The van der Waals surface area contributed by atoms with Crippen molar-refractivity contribution in [3.63, 3.8) is 0 Å². The number of rotatable bonds is 6. The first-order valence-corrected chi connectivity index (χ1v) is 5.45. The van der Waals surface area contributed by atoms with Gasteiger partial charge in [-0.05, 0) is 12.1 Å². The summed E-state index contributed by atoms with van der Waals surface area (Å²) >= 11 is 0. The molecule has 0 aliphatic rings. The molecule has 0 saturated carbocycles. The van der Waals surface area contributed by atoms with Crippen LogP contribution >= 0.6 is 0 Å². The van der Waals surface area contributed by atoms with E-state index in [1.165, 1.54) is 4.90 Å². The van der Waals surface area contributed by atoms with E-state index in [1.54, 1.807) is 13.2 Å². The Morgan fingerprint density at radius 1 is 1.35 bits per heavy atom. The Balaban J connectivity index is 2.31. The fraction of sp³-hybridized carbons (Fsp3) is 0.417. The molecule has 0 aliphatic heterocycles. The van der Waals surface area contributed by atoms with E-state index in [-0.39, 0.29) is 18.7 Å². The monoisotopic (exact) mass is 236 g/mol. The standard InChI is InChI=1S/C12H16N2O3/c1-14(11(15)5-6-12(16)17)9-7-10-4-2-3-8-13-10/h2-4,8H,5-7,9H2,1H3,(H,16,17). The zero-order valence-corrected chi connectivity index (χ0v) is 9.80. The van der Waals surface area contributed by atoms with Gasteiger partial charge in [0.15, 0.2) is 0 Å². The van der Waals surface area contributed by atoms with Gasteiger partial charge in [-0.2, -0.15) is 0 Å². The molecule has 0 aliphatic carbocycles. The Morgan fingerprint density at radius 3 is 2.71 bits per heavy atom. The van der Waals surface area contributed by atoms with E-state index < -0.39 is 5.97 Å². The Morgan fingerprint density at radius 2 is 2.12 bits per heavy atom. The Hall–Kier alpha value is -1.91. The molecule has 0 unspecified atom stereocenters. The fourth-order valence-electron chi connectivity index (χ4n) is 1.36. The number of carboxylic acid groups (broad SMARTS) is 1. The second-order valence-corrected chi connectivity index (χ2v) is 3.78. The van der Waals surface area contributed by atoms with Gasteiger partial charge in [0, 0.05) is 38.3 Å². The SMILES string of the molecule is CN(CCc1ccccn1)C(=O)CCC(=O)O. The highest BCUT2D eigenvalue weighted by atomic mass is 16.4. The number of aromatic nitrogens is 1. The lowest BCUT2D eigenvalue weighted by molar-refractivity contribution is -0.140. The number of aliphatic carboxylic acids is 1. The molecule has 0 fully saturated rings. The minimum absolute atomic E-state index is 0.0497. The summed E-state index contributed by atoms with van der Waals surface area (Å²) in [5.74, 6) is -1.10. The average Bonchev–Trinajstić information content (AvgIpc) is 2.34. The van der Waals surface area contributed by atoms with Crippen LogP contribution in [-0.2, 0) is 16.0 Å². The summed E-state index contributed by atoms with van der Waals surface area (Å²) in [6.45, 7) is 0.551. The maximum Gasteiger partial charge on any atom is 0.303 e.